The lowest BCUT2D eigenvalue weighted by Gasteiger charge is -2.20. The van der Waals surface area contributed by atoms with Crippen LogP contribution in [0.25, 0.3) is 0 Å². The molecule has 3 amide bonds. The Hall–Kier alpha value is -2.97. The SMILES string of the molecule is CC(C)(C)NC(=O)NC(=O)COC(=O)Cc1ccccc1[N+](=O)[O-]. The molecule has 0 saturated heterocycles. The summed E-state index contributed by atoms with van der Waals surface area (Å²) in [7, 11) is 0. The number of carbonyl (C=O) groups excluding carboxylic acids is 3. The lowest BCUT2D eigenvalue weighted by molar-refractivity contribution is -0.385. The number of amides is 3. The zero-order valence-corrected chi connectivity index (χ0v) is 13.6. The molecule has 0 heterocycles. The zero-order valence-electron chi connectivity index (χ0n) is 13.6. The van der Waals surface area contributed by atoms with E-state index in [1.807, 2.05) is 5.32 Å². The van der Waals surface area contributed by atoms with Crippen LogP contribution in [0.15, 0.2) is 24.3 Å². The molecule has 2 N–H and O–H groups in total. The molecule has 0 atom stereocenters. The van der Waals surface area contributed by atoms with Gasteiger partial charge in [0.15, 0.2) is 6.61 Å². The Labute approximate surface area is 138 Å². The summed E-state index contributed by atoms with van der Waals surface area (Å²) in [6.07, 6.45) is -0.349. The van der Waals surface area contributed by atoms with Gasteiger partial charge in [-0.3, -0.25) is 25.0 Å². The number of benzene rings is 1. The highest BCUT2D eigenvalue weighted by atomic mass is 16.6. The Morgan fingerprint density at radius 1 is 1.21 bits per heavy atom. The van der Waals surface area contributed by atoms with E-state index >= 15 is 0 Å². The van der Waals surface area contributed by atoms with Gasteiger partial charge in [-0.2, -0.15) is 0 Å². The van der Waals surface area contributed by atoms with Crippen LogP contribution in [0, 0.1) is 10.1 Å². The largest absolute Gasteiger partial charge is 0.455 e. The quantitative estimate of drug-likeness (QED) is 0.473. The van der Waals surface area contributed by atoms with Gasteiger partial charge in [-0.05, 0) is 20.8 Å². The van der Waals surface area contributed by atoms with Gasteiger partial charge in [0.1, 0.15) is 0 Å². The van der Waals surface area contributed by atoms with E-state index in [2.05, 4.69) is 5.32 Å². The first-order chi connectivity index (χ1) is 11.1. The van der Waals surface area contributed by atoms with E-state index in [1.54, 1.807) is 26.8 Å². The summed E-state index contributed by atoms with van der Waals surface area (Å²) >= 11 is 0. The van der Waals surface area contributed by atoms with Crippen molar-refractivity contribution in [3.8, 4) is 0 Å². The average molecular weight is 337 g/mol. The molecule has 130 valence electrons. The van der Waals surface area contributed by atoms with E-state index in [4.69, 9.17) is 4.74 Å². The van der Waals surface area contributed by atoms with Crippen LogP contribution < -0.4 is 10.6 Å². The van der Waals surface area contributed by atoms with E-state index in [0.717, 1.165) is 0 Å². The monoisotopic (exact) mass is 337 g/mol. The van der Waals surface area contributed by atoms with Crippen LogP contribution in [0.5, 0.6) is 0 Å². The molecule has 0 saturated carbocycles. The molecule has 1 aromatic carbocycles. The number of para-hydroxylation sites is 1. The summed E-state index contributed by atoms with van der Waals surface area (Å²) in [5.74, 6) is -1.61. The molecule has 9 heteroatoms. The number of imide groups is 1. The maximum absolute atomic E-state index is 11.7. The van der Waals surface area contributed by atoms with Crippen LogP contribution in [0.1, 0.15) is 26.3 Å². The second kappa shape index (κ2) is 8.04. The minimum Gasteiger partial charge on any atom is -0.455 e. The number of hydrogen-bond donors (Lipinski definition) is 2. The lowest BCUT2D eigenvalue weighted by Crippen LogP contribution is -2.49. The maximum Gasteiger partial charge on any atom is 0.321 e. The number of nitro benzene ring substituents is 1. The zero-order chi connectivity index (χ0) is 18.3. The predicted molar refractivity (Wildman–Crippen MR) is 84.2 cm³/mol. The molecule has 0 unspecified atom stereocenters. The first-order valence-electron chi connectivity index (χ1n) is 7.08. The van der Waals surface area contributed by atoms with Gasteiger partial charge >= 0.3 is 12.0 Å². The molecule has 0 aliphatic carbocycles. The van der Waals surface area contributed by atoms with Gasteiger partial charge in [0.05, 0.1) is 11.3 Å². The van der Waals surface area contributed by atoms with Crippen molar-refractivity contribution in [1.82, 2.24) is 10.6 Å². The van der Waals surface area contributed by atoms with Gasteiger partial charge < -0.3 is 10.1 Å². The van der Waals surface area contributed by atoms with E-state index in [0.29, 0.717) is 0 Å². The molecule has 0 radical (unpaired) electrons. The van der Waals surface area contributed by atoms with Crippen LogP contribution >= 0.6 is 0 Å². The number of nitrogens with one attached hydrogen (secondary N) is 2. The number of nitro groups is 1. The highest BCUT2D eigenvalue weighted by Gasteiger charge is 2.19. The van der Waals surface area contributed by atoms with Gasteiger partial charge in [-0.1, -0.05) is 18.2 Å². The van der Waals surface area contributed by atoms with Crippen molar-refractivity contribution in [3.63, 3.8) is 0 Å². The van der Waals surface area contributed by atoms with Crippen molar-refractivity contribution in [2.24, 2.45) is 0 Å². The van der Waals surface area contributed by atoms with Crippen LogP contribution in [-0.2, 0) is 20.7 Å². The molecule has 9 nitrogen and oxygen atoms in total. The van der Waals surface area contributed by atoms with Gasteiger partial charge in [0, 0.05) is 17.2 Å². The Morgan fingerprint density at radius 3 is 2.42 bits per heavy atom. The molecule has 24 heavy (non-hydrogen) atoms. The standard InChI is InChI=1S/C15H19N3O6/c1-15(2,3)17-14(21)16-12(19)9-24-13(20)8-10-6-4-5-7-11(10)18(22)23/h4-7H,8-9H2,1-3H3,(H2,16,17,19,21). The highest BCUT2D eigenvalue weighted by molar-refractivity contribution is 5.95. The maximum atomic E-state index is 11.7. The van der Waals surface area contributed by atoms with E-state index in [1.165, 1.54) is 18.2 Å². The van der Waals surface area contributed by atoms with Crippen LogP contribution in [0.2, 0.25) is 0 Å². The summed E-state index contributed by atoms with van der Waals surface area (Å²) < 4.78 is 4.72. The van der Waals surface area contributed by atoms with Crippen molar-refractivity contribution in [2.75, 3.05) is 6.61 Å². The molecule has 0 bridgehead atoms. The molecular weight excluding hydrogens is 318 g/mol. The number of carbonyl (C=O) groups is 3. The fraction of sp³-hybridized carbons (Fsp3) is 0.400. The summed E-state index contributed by atoms with van der Waals surface area (Å²) in [5.41, 5.74) is -0.547. The summed E-state index contributed by atoms with van der Waals surface area (Å²) in [4.78, 5) is 44.9. The predicted octanol–water partition coefficient (Wildman–Crippen LogP) is 1.30. The van der Waals surface area contributed by atoms with Crippen molar-refractivity contribution < 1.29 is 24.0 Å². The fourth-order valence-corrected chi connectivity index (χ4v) is 1.73. The minimum atomic E-state index is -0.810. The van der Waals surface area contributed by atoms with Crippen molar-refractivity contribution in [2.45, 2.75) is 32.7 Å². The van der Waals surface area contributed by atoms with Crippen molar-refractivity contribution in [3.05, 3.63) is 39.9 Å². The van der Waals surface area contributed by atoms with Gasteiger partial charge in [0.2, 0.25) is 0 Å². The highest BCUT2D eigenvalue weighted by Crippen LogP contribution is 2.18. The van der Waals surface area contributed by atoms with Crippen molar-refractivity contribution >= 4 is 23.6 Å². The topological polar surface area (TPSA) is 128 Å². The number of nitrogens with zero attached hydrogens (tertiary/aromatic N) is 1. The Morgan fingerprint density at radius 2 is 1.83 bits per heavy atom. The molecule has 0 spiro atoms. The number of ether oxygens (including phenoxy) is 1. The van der Waals surface area contributed by atoms with Crippen LogP contribution in [0.3, 0.4) is 0 Å². The van der Waals surface area contributed by atoms with Crippen LogP contribution in [0.4, 0.5) is 10.5 Å². The fourth-order valence-electron chi connectivity index (χ4n) is 1.73. The molecule has 0 aliphatic rings. The second-order valence-corrected chi connectivity index (χ2v) is 5.98. The second-order valence-electron chi connectivity index (χ2n) is 5.98. The lowest BCUT2D eigenvalue weighted by atomic mass is 10.1. The first-order valence-corrected chi connectivity index (χ1v) is 7.08. The molecular formula is C15H19N3O6. The van der Waals surface area contributed by atoms with Crippen molar-refractivity contribution in [1.29, 1.82) is 0 Å². The average Bonchev–Trinajstić information content (AvgIpc) is 2.43. The van der Waals surface area contributed by atoms with Gasteiger partial charge in [-0.15, -0.1) is 0 Å². The van der Waals surface area contributed by atoms with E-state index < -0.39 is 35.0 Å². The smallest absolute Gasteiger partial charge is 0.321 e. The Kier molecular flexibility index (Phi) is 6.39. The van der Waals surface area contributed by atoms with E-state index in [9.17, 15) is 24.5 Å². The van der Waals surface area contributed by atoms with Gasteiger partial charge in [0.25, 0.3) is 11.6 Å². The molecule has 0 aromatic heterocycles. The molecule has 0 aliphatic heterocycles. The Bertz CT molecular complexity index is 651. The third kappa shape index (κ3) is 6.86. The van der Waals surface area contributed by atoms with Crippen LogP contribution in [-0.4, -0.2) is 35.0 Å². The molecule has 0 fully saturated rings. The summed E-state index contributed by atoms with van der Waals surface area (Å²) in [6.45, 7) is 4.56. The summed E-state index contributed by atoms with van der Waals surface area (Å²) in [6, 6.07) is 5.03. The molecule has 1 rings (SSSR count). The van der Waals surface area contributed by atoms with E-state index in [-0.39, 0.29) is 17.7 Å². The third-order valence-electron chi connectivity index (χ3n) is 2.63. The Balaban J connectivity index is 2.48. The number of hydrogen-bond acceptors (Lipinski definition) is 6. The number of rotatable bonds is 5. The first kappa shape index (κ1) is 19.1. The number of esters is 1. The van der Waals surface area contributed by atoms with Gasteiger partial charge in [-0.25, -0.2) is 4.79 Å². The summed E-state index contributed by atoms with van der Waals surface area (Å²) in [5, 5.41) is 15.4. The number of urea groups is 1. The normalized spacial score (nSPS) is 10.6. The molecule has 1 aromatic rings. The third-order valence-corrected chi connectivity index (χ3v) is 2.63. The minimum absolute atomic E-state index is 0.179.